The molecule has 0 aliphatic heterocycles. The molecule has 0 radical (unpaired) electrons. The Morgan fingerprint density at radius 1 is 1.14 bits per heavy atom. The molecule has 110 valence electrons. The first kappa shape index (κ1) is 14.8. The molecule has 2 amide bonds. The summed E-state index contributed by atoms with van der Waals surface area (Å²) >= 11 is 0. The van der Waals surface area contributed by atoms with Gasteiger partial charge in [-0.1, -0.05) is 12.1 Å². The summed E-state index contributed by atoms with van der Waals surface area (Å²) in [4.78, 5) is 15.9. The molecule has 2 aromatic rings. The number of aryl methyl sites for hydroxylation is 3. The molecule has 0 fully saturated rings. The third kappa shape index (κ3) is 4.49. The lowest BCUT2D eigenvalue weighted by Crippen LogP contribution is -2.32. The van der Waals surface area contributed by atoms with E-state index in [-0.39, 0.29) is 12.8 Å². The van der Waals surface area contributed by atoms with Gasteiger partial charge in [-0.05, 0) is 56.2 Å². The summed E-state index contributed by atoms with van der Waals surface area (Å²) in [5, 5.41) is 5.27. The topological polar surface area (TPSA) is 63.2 Å². The van der Waals surface area contributed by atoms with Gasteiger partial charge >= 0.3 is 6.03 Å². The molecular weight excluding hydrogens is 266 g/mol. The highest BCUT2D eigenvalue weighted by Gasteiger charge is 2.03. The molecule has 0 aliphatic carbocycles. The number of urea groups is 1. The molecule has 2 N–H and O–H groups in total. The van der Waals surface area contributed by atoms with Gasteiger partial charge in [0.2, 0.25) is 0 Å². The summed E-state index contributed by atoms with van der Waals surface area (Å²) in [5.74, 6) is 1.24. The van der Waals surface area contributed by atoms with Crippen LogP contribution < -0.4 is 15.4 Å². The number of pyridine rings is 1. The predicted molar refractivity (Wildman–Crippen MR) is 82.5 cm³/mol. The van der Waals surface area contributed by atoms with Gasteiger partial charge in [-0.3, -0.25) is 5.32 Å². The van der Waals surface area contributed by atoms with Gasteiger partial charge in [0.15, 0.2) is 6.73 Å². The predicted octanol–water partition coefficient (Wildman–Crippen LogP) is 3.16. The third-order valence-electron chi connectivity index (χ3n) is 3.08. The van der Waals surface area contributed by atoms with Crippen molar-refractivity contribution < 1.29 is 9.53 Å². The first-order valence-corrected chi connectivity index (χ1v) is 6.73. The fourth-order valence-electron chi connectivity index (χ4n) is 1.76. The molecule has 0 spiro atoms. The summed E-state index contributed by atoms with van der Waals surface area (Å²) in [6.45, 7) is 6.03. The second-order valence-corrected chi connectivity index (χ2v) is 4.83. The number of rotatable bonds is 4. The number of amides is 2. The minimum absolute atomic E-state index is 0.0974. The lowest BCUT2D eigenvalue weighted by atomic mass is 10.1. The van der Waals surface area contributed by atoms with Crippen molar-refractivity contribution in [3.05, 3.63) is 53.2 Å². The van der Waals surface area contributed by atoms with E-state index < -0.39 is 0 Å². The molecule has 1 heterocycles. The minimum Gasteiger partial charge on any atom is -0.473 e. The van der Waals surface area contributed by atoms with Gasteiger partial charge in [0, 0.05) is 5.69 Å². The van der Waals surface area contributed by atoms with Crippen LogP contribution in [0, 0.1) is 20.8 Å². The van der Waals surface area contributed by atoms with Crippen molar-refractivity contribution in [3.63, 3.8) is 0 Å². The number of ether oxygens (including phenoxy) is 1. The summed E-state index contributed by atoms with van der Waals surface area (Å²) in [5.41, 5.74) is 3.21. The molecule has 21 heavy (non-hydrogen) atoms. The number of carbonyl (C=O) groups excluding carboxylic acids is 1. The number of nitrogens with zero attached hydrogens (tertiary/aromatic N) is 1. The van der Waals surface area contributed by atoms with Crippen LogP contribution in [-0.2, 0) is 0 Å². The van der Waals surface area contributed by atoms with Crippen molar-refractivity contribution in [3.8, 4) is 5.75 Å². The summed E-state index contributed by atoms with van der Waals surface area (Å²) < 4.78 is 5.48. The van der Waals surface area contributed by atoms with Crippen LogP contribution in [0.1, 0.15) is 16.8 Å². The fourth-order valence-corrected chi connectivity index (χ4v) is 1.76. The standard InChI is InChI=1S/C16H19N3O2/c1-11-7-8-14(9-12(11)2)21-10-17-16(20)19-15-6-4-5-13(3)18-15/h4-9H,10H2,1-3H3,(H2,17,18,19,20). The van der Waals surface area contributed by atoms with E-state index in [1.54, 1.807) is 6.07 Å². The molecule has 5 heteroatoms. The van der Waals surface area contributed by atoms with Crippen LogP contribution in [0.4, 0.5) is 10.6 Å². The summed E-state index contributed by atoms with van der Waals surface area (Å²) in [6, 6.07) is 10.9. The molecular formula is C16H19N3O2. The van der Waals surface area contributed by atoms with Gasteiger partial charge in [-0.15, -0.1) is 0 Å². The number of hydrogen-bond acceptors (Lipinski definition) is 3. The van der Waals surface area contributed by atoms with Crippen molar-refractivity contribution >= 4 is 11.8 Å². The van der Waals surface area contributed by atoms with Crippen LogP contribution in [0.3, 0.4) is 0 Å². The van der Waals surface area contributed by atoms with Crippen LogP contribution in [0.25, 0.3) is 0 Å². The minimum atomic E-state index is -0.350. The van der Waals surface area contributed by atoms with E-state index in [1.165, 1.54) is 5.56 Å². The van der Waals surface area contributed by atoms with E-state index >= 15 is 0 Å². The second-order valence-electron chi connectivity index (χ2n) is 4.83. The highest BCUT2D eigenvalue weighted by Crippen LogP contribution is 2.15. The molecule has 0 bridgehead atoms. The van der Waals surface area contributed by atoms with Crippen LogP contribution in [0.5, 0.6) is 5.75 Å². The highest BCUT2D eigenvalue weighted by atomic mass is 16.5. The Labute approximate surface area is 124 Å². The Balaban J connectivity index is 1.80. The van der Waals surface area contributed by atoms with Crippen LogP contribution in [0.15, 0.2) is 36.4 Å². The monoisotopic (exact) mass is 285 g/mol. The first-order valence-electron chi connectivity index (χ1n) is 6.73. The molecule has 1 aromatic heterocycles. The van der Waals surface area contributed by atoms with E-state index in [0.29, 0.717) is 5.82 Å². The average molecular weight is 285 g/mol. The second kappa shape index (κ2) is 6.74. The molecule has 5 nitrogen and oxygen atoms in total. The van der Waals surface area contributed by atoms with E-state index in [2.05, 4.69) is 15.6 Å². The Morgan fingerprint density at radius 3 is 2.67 bits per heavy atom. The lowest BCUT2D eigenvalue weighted by Gasteiger charge is -2.10. The number of nitrogens with one attached hydrogen (secondary N) is 2. The number of carbonyl (C=O) groups is 1. The number of hydrogen-bond donors (Lipinski definition) is 2. The van der Waals surface area contributed by atoms with E-state index in [4.69, 9.17) is 4.74 Å². The molecule has 2 rings (SSSR count). The average Bonchev–Trinajstić information content (AvgIpc) is 2.43. The zero-order chi connectivity index (χ0) is 15.2. The smallest absolute Gasteiger partial charge is 0.323 e. The number of benzene rings is 1. The van der Waals surface area contributed by atoms with E-state index in [0.717, 1.165) is 17.0 Å². The Bertz CT molecular complexity index is 641. The Morgan fingerprint density at radius 2 is 1.95 bits per heavy atom. The maximum Gasteiger partial charge on any atom is 0.323 e. The van der Waals surface area contributed by atoms with Crippen molar-refractivity contribution in [1.82, 2.24) is 10.3 Å². The normalized spacial score (nSPS) is 10.0. The van der Waals surface area contributed by atoms with Gasteiger partial charge in [0.05, 0.1) is 0 Å². The van der Waals surface area contributed by atoms with E-state index in [1.807, 2.05) is 51.1 Å². The Kier molecular flexibility index (Phi) is 4.77. The maximum absolute atomic E-state index is 11.7. The first-order chi connectivity index (χ1) is 10.0. The highest BCUT2D eigenvalue weighted by molar-refractivity contribution is 5.88. The number of aromatic nitrogens is 1. The van der Waals surface area contributed by atoms with Gasteiger partial charge in [0.25, 0.3) is 0 Å². The number of anilines is 1. The molecule has 0 saturated carbocycles. The van der Waals surface area contributed by atoms with Gasteiger partial charge in [-0.2, -0.15) is 0 Å². The van der Waals surface area contributed by atoms with Crippen molar-refractivity contribution in [2.75, 3.05) is 12.0 Å². The molecule has 0 saturated heterocycles. The third-order valence-corrected chi connectivity index (χ3v) is 3.08. The van der Waals surface area contributed by atoms with Crippen LogP contribution in [0.2, 0.25) is 0 Å². The van der Waals surface area contributed by atoms with Crippen molar-refractivity contribution in [1.29, 1.82) is 0 Å². The maximum atomic E-state index is 11.7. The Hall–Kier alpha value is -2.56. The van der Waals surface area contributed by atoms with E-state index in [9.17, 15) is 4.79 Å². The zero-order valence-electron chi connectivity index (χ0n) is 12.4. The summed E-state index contributed by atoms with van der Waals surface area (Å²) in [7, 11) is 0. The van der Waals surface area contributed by atoms with Crippen molar-refractivity contribution in [2.45, 2.75) is 20.8 Å². The van der Waals surface area contributed by atoms with Gasteiger partial charge < -0.3 is 10.1 Å². The SMILES string of the molecule is Cc1cccc(NC(=O)NCOc2ccc(C)c(C)c2)n1. The van der Waals surface area contributed by atoms with Crippen LogP contribution in [-0.4, -0.2) is 17.7 Å². The quantitative estimate of drug-likeness (QED) is 0.848. The lowest BCUT2D eigenvalue weighted by molar-refractivity contribution is 0.234. The van der Waals surface area contributed by atoms with Gasteiger partial charge in [0.1, 0.15) is 11.6 Å². The molecule has 1 aromatic carbocycles. The fraction of sp³-hybridized carbons (Fsp3) is 0.250. The zero-order valence-corrected chi connectivity index (χ0v) is 12.4. The van der Waals surface area contributed by atoms with Gasteiger partial charge in [-0.25, -0.2) is 9.78 Å². The molecule has 0 atom stereocenters. The van der Waals surface area contributed by atoms with Crippen LogP contribution >= 0.6 is 0 Å². The molecule has 0 aliphatic rings. The molecule has 0 unspecified atom stereocenters. The summed E-state index contributed by atoms with van der Waals surface area (Å²) in [6.07, 6.45) is 0. The largest absolute Gasteiger partial charge is 0.473 e. The van der Waals surface area contributed by atoms with Crippen molar-refractivity contribution in [2.24, 2.45) is 0 Å².